The zero-order valence-corrected chi connectivity index (χ0v) is 12.0. The van der Waals surface area contributed by atoms with Crippen molar-refractivity contribution < 1.29 is 9.90 Å². The van der Waals surface area contributed by atoms with Gasteiger partial charge >= 0.3 is 5.97 Å². The lowest BCUT2D eigenvalue weighted by atomic mass is 10.2. The van der Waals surface area contributed by atoms with E-state index in [0.29, 0.717) is 6.42 Å². The van der Waals surface area contributed by atoms with Crippen LogP contribution in [0.25, 0.3) is 16.2 Å². The minimum Gasteiger partial charge on any atom is -0.481 e. The van der Waals surface area contributed by atoms with Crippen LogP contribution in [0.3, 0.4) is 0 Å². The molecule has 0 unspecified atom stereocenters. The average molecular weight is 290 g/mol. The molecule has 0 aliphatic heterocycles. The Kier molecular flexibility index (Phi) is 3.06. The molecule has 0 amide bonds. The average Bonchev–Trinajstić information content (AvgIpc) is 3.00. The molecule has 3 aromatic rings. The van der Waals surface area contributed by atoms with E-state index in [1.54, 1.807) is 4.68 Å². The van der Waals surface area contributed by atoms with Crippen LogP contribution in [0.2, 0.25) is 0 Å². The molecule has 0 radical (unpaired) electrons. The van der Waals surface area contributed by atoms with Crippen LogP contribution >= 0.6 is 11.3 Å². The molecule has 0 spiro atoms. The molecule has 3 aromatic heterocycles. The Hall–Kier alpha value is -2.15. The topological polar surface area (TPSA) is 72.4 Å². The van der Waals surface area contributed by atoms with Crippen LogP contribution in [0.1, 0.15) is 17.8 Å². The number of carboxylic acid groups (broad SMARTS) is 1. The summed E-state index contributed by atoms with van der Waals surface area (Å²) in [5.74, 6) is -0.784. The first-order chi connectivity index (χ1) is 9.54. The fourth-order valence-electron chi connectivity index (χ4n) is 2.22. The van der Waals surface area contributed by atoms with E-state index in [1.165, 1.54) is 11.3 Å². The first-order valence-electron chi connectivity index (χ1n) is 6.22. The van der Waals surface area contributed by atoms with Gasteiger partial charge in [-0.2, -0.15) is 5.10 Å². The maximum absolute atomic E-state index is 10.7. The zero-order chi connectivity index (χ0) is 14.3. The van der Waals surface area contributed by atoms with Crippen molar-refractivity contribution in [3.63, 3.8) is 0 Å². The second kappa shape index (κ2) is 4.75. The van der Waals surface area contributed by atoms with Crippen LogP contribution in [0, 0.1) is 6.92 Å². The lowest BCUT2D eigenvalue weighted by Gasteiger charge is -1.95. The number of carboxylic acids is 1. The van der Waals surface area contributed by atoms with Crippen LogP contribution in [0.4, 0.5) is 0 Å². The van der Waals surface area contributed by atoms with Crippen molar-refractivity contribution in [2.75, 3.05) is 0 Å². The van der Waals surface area contributed by atoms with Gasteiger partial charge in [-0.3, -0.25) is 13.9 Å². The largest absolute Gasteiger partial charge is 0.481 e. The van der Waals surface area contributed by atoms with E-state index in [2.05, 4.69) is 10.1 Å². The molecule has 0 bridgehead atoms. The smallest absolute Gasteiger partial charge is 0.303 e. The van der Waals surface area contributed by atoms with E-state index in [4.69, 9.17) is 5.11 Å². The number of hydrogen-bond donors (Lipinski definition) is 1. The lowest BCUT2D eigenvalue weighted by molar-refractivity contribution is -0.136. The highest BCUT2D eigenvalue weighted by Crippen LogP contribution is 2.25. The third-order valence-electron chi connectivity index (χ3n) is 3.17. The zero-order valence-electron chi connectivity index (χ0n) is 11.2. The van der Waals surface area contributed by atoms with Gasteiger partial charge in [-0.1, -0.05) is 0 Å². The third kappa shape index (κ3) is 2.20. The molecular weight excluding hydrogens is 276 g/mol. The van der Waals surface area contributed by atoms with Crippen molar-refractivity contribution in [2.24, 2.45) is 7.05 Å². The number of rotatable bonds is 4. The summed E-state index contributed by atoms with van der Waals surface area (Å²) in [6.07, 6.45) is 4.54. The van der Waals surface area contributed by atoms with Crippen molar-refractivity contribution in [1.29, 1.82) is 0 Å². The highest BCUT2D eigenvalue weighted by Gasteiger charge is 2.13. The van der Waals surface area contributed by atoms with Gasteiger partial charge < -0.3 is 5.11 Å². The molecular formula is C13H14N4O2S. The molecule has 0 atom stereocenters. The number of imidazole rings is 1. The molecule has 1 N–H and O–H groups in total. The summed E-state index contributed by atoms with van der Waals surface area (Å²) in [4.78, 5) is 16.1. The van der Waals surface area contributed by atoms with Gasteiger partial charge in [-0.15, -0.1) is 11.3 Å². The molecule has 3 rings (SSSR count). The summed E-state index contributed by atoms with van der Waals surface area (Å²) >= 11 is 1.53. The molecule has 3 heterocycles. The number of carbonyl (C=O) groups is 1. The Balaban J connectivity index is 1.99. The monoisotopic (exact) mass is 290 g/mol. The van der Waals surface area contributed by atoms with Crippen molar-refractivity contribution >= 4 is 22.3 Å². The van der Waals surface area contributed by atoms with Gasteiger partial charge in [0.1, 0.15) is 0 Å². The summed E-state index contributed by atoms with van der Waals surface area (Å²) in [6, 6.07) is 0. The molecule has 0 aromatic carbocycles. The number of aliphatic carboxylic acids is 1. The van der Waals surface area contributed by atoms with Crippen molar-refractivity contribution in [3.8, 4) is 11.3 Å². The predicted molar refractivity (Wildman–Crippen MR) is 76.0 cm³/mol. The maximum Gasteiger partial charge on any atom is 0.303 e. The van der Waals surface area contributed by atoms with Gasteiger partial charge in [0, 0.05) is 36.1 Å². The van der Waals surface area contributed by atoms with Crippen LogP contribution in [-0.4, -0.2) is 30.2 Å². The third-order valence-corrected chi connectivity index (χ3v) is 4.06. The standard InChI is InChI=1S/C13H14N4O2S/c1-8-10(5-16(2)15-8)11-6-17-9(3-4-12(18)19)7-20-13(17)14-11/h5-7H,3-4H2,1-2H3,(H,18,19). The van der Waals surface area contributed by atoms with Crippen LogP contribution < -0.4 is 0 Å². The number of nitrogens with zero attached hydrogens (tertiary/aromatic N) is 4. The summed E-state index contributed by atoms with van der Waals surface area (Å²) in [5, 5.41) is 15.1. The van der Waals surface area contributed by atoms with Crippen molar-refractivity contribution in [2.45, 2.75) is 19.8 Å². The van der Waals surface area contributed by atoms with Gasteiger partial charge in [-0.05, 0) is 13.3 Å². The van der Waals surface area contributed by atoms with Crippen molar-refractivity contribution in [1.82, 2.24) is 19.2 Å². The SMILES string of the molecule is Cc1nn(C)cc1-c1cn2c(CCC(=O)O)csc2n1. The number of hydrogen-bond acceptors (Lipinski definition) is 4. The fraction of sp³-hybridized carbons (Fsp3) is 0.308. The van der Waals surface area contributed by atoms with Gasteiger partial charge in [0.05, 0.1) is 17.8 Å². The Morgan fingerprint density at radius 2 is 2.25 bits per heavy atom. The Morgan fingerprint density at radius 3 is 2.90 bits per heavy atom. The summed E-state index contributed by atoms with van der Waals surface area (Å²) in [7, 11) is 1.88. The fourth-order valence-corrected chi connectivity index (χ4v) is 3.13. The Bertz CT molecular complexity index is 784. The predicted octanol–water partition coefficient (Wildman–Crippen LogP) is 2.12. The molecule has 0 aliphatic rings. The molecule has 0 aliphatic carbocycles. The number of fused-ring (bicyclic) bond motifs is 1. The van der Waals surface area contributed by atoms with Crippen LogP contribution in [0.5, 0.6) is 0 Å². The summed E-state index contributed by atoms with van der Waals surface area (Å²) in [5.41, 5.74) is 3.80. The second-order valence-corrected chi connectivity index (χ2v) is 5.54. The van der Waals surface area contributed by atoms with E-state index in [9.17, 15) is 4.79 Å². The maximum atomic E-state index is 10.7. The van der Waals surface area contributed by atoms with Gasteiger partial charge in [0.15, 0.2) is 4.96 Å². The molecule has 0 saturated carbocycles. The molecule has 7 heteroatoms. The van der Waals surface area contributed by atoms with E-state index in [0.717, 1.165) is 27.6 Å². The van der Waals surface area contributed by atoms with E-state index < -0.39 is 5.97 Å². The van der Waals surface area contributed by atoms with E-state index in [-0.39, 0.29) is 6.42 Å². The second-order valence-electron chi connectivity index (χ2n) is 4.70. The van der Waals surface area contributed by atoms with Crippen molar-refractivity contribution in [3.05, 3.63) is 29.2 Å². The number of aromatic nitrogens is 4. The Labute approximate surface area is 119 Å². The Morgan fingerprint density at radius 1 is 1.45 bits per heavy atom. The minimum atomic E-state index is -0.784. The van der Waals surface area contributed by atoms with Crippen LogP contribution in [0.15, 0.2) is 17.8 Å². The lowest BCUT2D eigenvalue weighted by Crippen LogP contribution is -1.99. The van der Waals surface area contributed by atoms with Gasteiger partial charge in [0.25, 0.3) is 0 Å². The number of thiazole rings is 1. The van der Waals surface area contributed by atoms with Gasteiger partial charge in [-0.25, -0.2) is 4.98 Å². The quantitative estimate of drug-likeness (QED) is 0.799. The normalized spacial score (nSPS) is 11.3. The minimum absolute atomic E-state index is 0.130. The molecule has 0 fully saturated rings. The summed E-state index contributed by atoms with van der Waals surface area (Å²) in [6.45, 7) is 1.95. The highest BCUT2D eigenvalue weighted by atomic mass is 32.1. The summed E-state index contributed by atoms with van der Waals surface area (Å²) < 4.78 is 3.73. The molecule has 6 nitrogen and oxygen atoms in total. The van der Waals surface area contributed by atoms with E-state index >= 15 is 0 Å². The van der Waals surface area contributed by atoms with Gasteiger partial charge in [0.2, 0.25) is 0 Å². The highest BCUT2D eigenvalue weighted by molar-refractivity contribution is 7.15. The number of aryl methyl sites for hydroxylation is 3. The molecule has 20 heavy (non-hydrogen) atoms. The molecule has 104 valence electrons. The molecule has 0 saturated heterocycles. The van der Waals surface area contributed by atoms with E-state index in [1.807, 2.05) is 36.1 Å². The first kappa shape index (κ1) is 12.9. The first-order valence-corrected chi connectivity index (χ1v) is 7.10. The van der Waals surface area contributed by atoms with Crippen LogP contribution in [-0.2, 0) is 18.3 Å².